The van der Waals surface area contributed by atoms with Gasteiger partial charge in [0.2, 0.25) is 0 Å². The van der Waals surface area contributed by atoms with E-state index in [9.17, 15) is 16.8 Å². The van der Waals surface area contributed by atoms with E-state index >= 15 is 0 Å². The van der Waals surface area contributed by atoms with Gasteiger partial charge >= 0.3 is 20.6 Å². The van der Waals surface area contributed by atoms with E-state index in [1.54, 1.807) is 24.3 Å². The normalized spacial score (nSPS) is 11.9. The fourth-order valence-corrected chi connectivity index (χ4v) is 2.45. The summed E-state index contributed by atoms with van der Waals surface area (Å²) in [6.07, 6.45) is 0. The molecule has 2 rings (SSSR count). The second kappa shape index (κ2) is 5.93. The number of hydrogen-bond acceptors (Lipinski definition) is 6. The van der Waals surface area contributed by atoms with E-state index in [1.807, 2.05) is 0 Å². The van der Waals surface area contributed by atoms with Crippen LogP contribution in [-0.4, -0.2) is 16.8 Å². The van der Waals surface area contributed by atoms with Crippen molar-refractivity contribution in [1.29, 1.82) is 0 Å². The van der Waals surface area contributed by atoms with E-state index in [0.717, 1.165) is 0 Å². The Morgan fingerprint density at radius 2 is 1.23 bits per heavy atom. The van der Waals surface area contributed by atoms with Gasteiger partial charge in [0, 0.05) is 0 Å². The highest BCUT2D eigenvalue weighted by atomic mass is 32.2. The third-order valence-electron chi connectivity index (χ3n) is 2.45. The quantitative estimate of drug-likeness (QED) is 0.810. The lowest BCUT2D eigenvalue weighted by molar-refractivity contribution is 0.486. The predicted molar refractivity (Wildman–Crippen MR) is 79.3 cm³/mol. The van der Waals surface area contributed by atoms with Crippen LogP contribution in [0.1, 0.15) is 0 Å². The summed E-state index contributed by atoms with van der Waals surface area (Å²) in [6, 6.07) is 12.2. The Morgan fingerprint density at radius 3 is 1.77 bits per heavy atom. The van der Waals surface area contributed by atoms with E-state index < -0.39 is 20.6 Å². The average Bonchev–Trinajstić information content (AvgIpc) is 2.36. The lowest BCUT2D eigenvalue weighted by atomic mass is 10.1. The average molecular weight is 344 g/mol. The first kappa shape index (κ1) is 16.2. The molecule has 0 saturated carbocycles. The van der Waals surface area contributed by atoms with Crippen molar-refractivity contribution in [1.82, 2.24) is 0 Å². The van der Waals surface area contributed by atoms with Crippen molar-refractivity contribution in [2.75, 3.05) is 0 Å². The molecule has 0 spiro atoms. The second-order valence-electron chi connectivity index (χ2n) is 4.20. The van der Waals surface area contributed by atoms with Gasteiger partial charge in [-0.05, 0) is 35.4 Å². The maximum absolute atomic E-state index is 10.9. The third kappa shape index (κ3) is 5.00. The highest BCUT2D eigenvalue weighted by molar-refractivity contribution is 7.85. The molecule has 0 bridgehead atoms. The highest BCUT2D eigenvalue weighted by Gasteiger charge is 2.08. The van der Waals surface area contributed by atoms with E-state index in [0.29, 0.717) is 11.1 Å². The Kier molecular flexibility index (Phi) is 4.37. The molecule has 22 heavy (non-hydrogen) atoms. The van der Waals surface area contributed by atoms with Gasteiger partial charge in [-0.25, -0.2) is 0 Å². The lowest BCUT2D eigenvalue weighted by Crippen LogP contribution is -2.18. The van der Waals surface area contributed by atoms with E-state index in [1.165, 1.54) is 24.3 Å². The lowest BCUT2D eigenvalue weighted by Gasteiger charge is -2.07. The Bertz CT molecular complexity index is 876. The molecular weight excluding hydrogens is 332 g/mol. The first-order valence-electron chi connectivity index (χ1n) is 5.77. The molecule has 0 fully saturated rings. The van der Waals surface area contributed by atoms with Crippen LogP contribution in [0.2, 0.25) is 0 Å². The summed E-state index contributed by atoms with van der Waals surface area (Å²) in [4.78, 5) is 0. The molecule has 0 aliphatic rings. The summed E-state index contributed by atoms with van der Waals surface area (Å²) < 4.78 is 52.5. The molecule has 8 nitrogen and oxygen atoms in total. The topological polar surface area (TPSA) is 139 Å². The second-order valence-corrected chi connectivity index (χ2v) is 6.51. The highest BCUT2D eigenvalue weighted by Crippen LogP contribution is 2.26. The predicted octanol–water partition coefficient (Wildman–Crippen LogP) is 0.518. The molecule has 0 amide bonds. The standard InChI is InChI=1S/C12H12N2O6S2/c13-21(15,16)19-11-6-4-9(5-7-11)10-2-1-3-12(8-10)20-22(14,17)18/h1-8H,(H2,13,15,16)(H2,14,17,18). The fraction of sp³-hybridized carbons (Fsp3) is 0. The first-order valence-corrected chi connectivity index (χ1v) is 8.72. The SMILES string of the molecule is NS(=O)(=O)Oc1ccc(-c2cccc(OS(N)(=O)=O)c2)cc1. The zero-order chi connectivity index (χ0) is 16.4. The maximum atomic E-state index is 10.9. The van der Waals surface area contributed by atoms with Gasteiger partial charge < -0.3 is 8.37 Å². The van der Waals surface area contributed by atoms with Crippen molar-refractivity contribution < 1.29 is 25.2 Å². The first-order chi connectivity index (χ1) is 10.1. The Hall–Kier alpha value is -2.14. The van der Waals surface area contributed by atoms with Gasteiger partial charge in [-0.3, -0.25) is 0 Å². The van der Waals surface area contributed by atoms with Crippen LogP contribution in [0.4, 0.5) is 0 Å². The minimum Gasteiger partial charge on any atom is -0.371 e. The molecule has 2 aromatic carbocycles. The van der Waals surface area contributed by atoms with E-state index in [2.05, 4.69) is 8.37 Å². The van der Waals surface area contributed by atoms with Crippen molar-refractivity contribution in [3.63, 3.8) is 0 Å². The number of rotatable bonds is 5. The summed E-state index contributed by atoms with van der Waals surface area (Å²) in [5.41, 5.74) is 1.32. The van der Waals surface area contributed by atoms with Gasteiger partial charge in [0.1, 0.15) is 11.5 Å². The van der Waals surface area contributed by atoms with Gasteiger partial charge in [-0.15, -0.1) is 0 Å². The molecule has 0 aliphatic heterocycles. The van der Waals surface area contributed by atoms with Crippen LogP contribution in [-0.2, 0) is 20.6 Å². The molecule has 0 aromatic heterocycles. The number of benzene rings is 2. The maximum Gasteiger partial charge on any atom is 0.380 e. The molecule has 0 radical (unpaired) electrons. The van der Waals surface area contributed by atoms with Gasteiger partial charge in [0.25, 0.3) is 0 Å². The Balaban J connectivity index is 2.27. The van der Waals surface area contributed by atoms with Crippen LogP contribution in [0.15, 0.2) is 48.5 Å². The number of nitrogens with two attached hydrogens (primary N) is 2. The minimum atomic E-state index is -4.10. The summed E-state index contributed by atoms with van der Waals surface area (Å²) in [6.45, 7) is 0. The van der Waals surface area contributed by atoms with Crippen molar-refractivity contribution in [2.24, 2.45) is 10.3 Å². The van der Waals surface area contributed by atoms with Gasteiger partial charge in [-0.2, -0.15) is 27.1 Å². The summed E-state index contributed by atoms with van der Waals surface area (Å²) in [7, 11) is -8.19. The summed E-state index contributed by atoms with van der Waals surface area (Å²) >= 11 is 0. The Labute approximate surface area is 127 Å². The van der Waals surface area contributed by atoms with Crippen LogP contribution < -0.4 is 18.6 Å². The van der Waals surface area contributed by atoms with Crippen molar-refractivity contribution in [3.05, 3.63) is 48.5 Å². The largest absolute Gasteiger partial charge is 0.380 e. The molecule has 0 atom stereocenters. The third-order valence-corrected chi connectivity index (χ3v) is 3.30. The molecule has 0 unspecified atom stereocenters. The molecule has 118 valence electrons. The Morgan fingerprint density at radius 1 is 0.682 bits per heavy atom. The van der Waals surface area contributed by atoms with Gasteiger partial charge in [0.15, 0.2) is 0 Å². The molecule has 4 N–H and O–H groups in total. The molecule has 10 heteroatoms. The van der Waals surface area contributed by atoms with Crippen molar-refractivity contribution in [3.8, 4) is 22.6 Å². The minimum absolute atomic E-state index is 0.0585. The van der Waals surface area contributed by atoms with Crippen LogP contribution in [0.3, 0.4) is 0 Å². The van der Waals surface area contributed by atoms with Gasteiger partial charge in [-0.1, -0.05) is 24.3 Å². The zero-order valence-electron chi connectivity index (χ0n) is 11.0. The molecule has 0 heterocycles. The van der Waals surface area contributed by atoms with E-state index in [-0.39, 0.29) is 11.5 Å². The van der Waals surface area contributed by atoms with Gasteiger partial charge in [0.05, 0.1) is 0 Å². The number of hydrogen-bond donors (Lipinski definition) is 2. The summed E-state index contributed by atoms with van der Waals surface area (Å²) in [5.74, 6) is 0.119. The molecule has 0 saturated heterocycles. The van der Waals surface area contributed by atoms with Crippen LogP contribution in [0.5, 0.6) is 11.5 Å². The molecule has 2 aromatic rings. The summed E-state index contributed by atoms with van der Waals surface area (Å²) in [5, 5.41) is 9.56. The smallest absolute Gasteiger partial charge is 0.371 e. The van der Waals surface area contributed by atoms with Crippen LogP contribution in [0, 0.1) is 0 Å². The monoisotopic (exact) mass is 344 g/mol. The van der Waals surface area contributed by atoms with Crippen LogP contribution in [0.25, 0.3) is 11.1 Å². The molecular formula is C12H12N2O6S2. The zero-order valence-corrected chi connectivity index (χ0v) is 12.7. The van der Waals surface area contributed by atoms with E-state index in [4.69, 9.17) is 10.3 Å². The van der Waals surface area contributed by atoms with Crippen molar-refractivity contribution in [2.45, 2.75) is 0 Å². The fourth-order valence-electron chi connectivity index (χ4n) is 1.70. The molecule has 0 aliphatic carbocycles. The van der Waals surface area contributed by atoms with Crippen LogP contribution >= 0.6 is 0 Å². The van der Waals surface area contributed by atoms with Crippen molar-refractivity contribution >= 4 is 20.6 Å².